The van der Waals surface area contributed by atoms with E-state index in [9.17, 15) is 4.79 Å². The van der Waals surface area contributed by atoms with Crippen molar-refractivity contribution in [2.24, 2.45) is 17.8 Å². The summed E-state index contributed by atoms with van der Waals surface area (Å²) in [5.41, 5.74) is 1.63. The summed E-state index contributed by atoms with van der Waals surface area (Å²) < 4.78 is 0. The van der Waals surface area contributed by atoms with Crippen LogP contribution < -0.4 is 5.32 Å². The summed E-state index contributed by atoms with van der Waals surface area (Å²) in [6, 6.07) is 0. The first-order valence-corrected chi connectivity index (χ1v) is 5.78. The van der Waals surface area contributed by atoms with Crippen LogP contribution in [0, 0.1) is 17.8 Å². The van der Waals surface area contributed by atoms with E-state index in [0.29, 0.717) is 5.13 Å². The highest BCUT2D eigenvalue weighted by Crippen LogP contribution is 2.54. The topological polar surface area (TPSA) is 54.9 Å². The number of hydrogen-bond acceptors (Lipinski definition) is 4. The highest BCUT2D eigenvalue weighted by atomic mass is 32.1. The van der Waals surface area contributed by atoms with Crippen molar-refractivity contribution in [1.82, 2.24) is 10.2 Å². The Hall–Kier alpha value is -0.970. The number of nitrogens with zero attached hydrogens (tertiary/aromatic N) is 2. The average Bonchev–Trinajstić information content (AvgIpc) is 2.68. The molecule has 5 heteroatoms. The third kappa shape index (κ3) is 1.41. The van der Waals surface area contributed by atoms with Crippen molar-refractivity contribution in [1.29, 1.82) is 0 Å². The van der Waals surface area contributed by atoms with Crippen LogP contribution in [0.3, 0.4) is 0 Å². The normalized spacial score (nSPS) is 33.9. The Kier molecular flexibility index (Phi) is 1.80. The van der Waals surface area contributed by atoms with E-state index in [2.05, 4.69) is 15.5 Å². The number of rotatable bonds is 2. The molecule has 14 heavy (non-hydrogen) atoms. The lowest BCUT2D eigenvalue weighted by molar-refractivity contribution is -0.120. The highest BCUT2D eigenvalue weighted by molar-refractivity contribution is 7.13. The number of hydrogen-bond donors (Lipinski definition) is 1. The predicted octanol–water partition coefficient (Wildman–Crippen LogP) is 1.52. The Bertz CT molecular complexity index is 341. The van der Waals surface area contributed by atoms with Gasteiger partial charge in [0, 0.05) is 5.92 Å². The van der Waals surface area contributed by atoms with E-state index in [4.69, 9.17) is 0 Å². The van der Waals surface area contributed by atoms with E-state index in [-0.39, 0.29) is 11.8 Å². The van der Waals surface area contributed by atoms with E-state index in [1.807, 2.05) is 0 Å². The quantitative estimate of drug-likeness (QED) is 0.803. The highest BCUT2D eigenvalue weighted by Gasteiger charge is 2.48. The van der Waals surface area contributed by atoms with Crippen LogP contribution in [-0.4, -0.2) is 16.1 Å². The maximum Gasteiger partial charge on any atom is 0.229 e. The minimum Gasteiger partial charge on any atom is -0.300 e. The molecule has 0 saturated heterocycles. The SMILES string of the molecule is O=C(Nc1nncs1)C1CC2CC2C1. The van der Waals surface area contributed by atoms with Gasteiger partial charge in [-0.15, -0.1) is 10.2 Å². The van der Waals surface area contributed by atoms with Crippen molar-refractivity contribution < 1.29 is 4.79 Å². The maximum absolute atomic E-state index is 11.7. The van der Waals surface area contributed by atoms with Crippen molar-refractivity contribution in [3.05, 3.63) is 5.51 Å². The molecule has 1 heterocycles. The second-order valence-corrected chi connectivity index (χ2v) is 4.99. The molecule has 0 spiro atoms. The molecule has 1 amide bonds. The maximum atomic E-state index is 11.7. The van der Waals surface area contributed by atoms with Crippen molar-refractivity contribution in [2.45, 2.75) is 19.3 Å². The van der Waals surface area contributed by atoms with Crippen molar-refractivity contribution >= 4 is 22.4 Å². The van der Waals surface area contributed by atoms with Crippen LogP contribution in [0.4, 0.5) is 5.13 Å². The van der Waals surface area contributed by atoms with Crippen LogP contribution in [0.5, 0.6) is 0 Å². The van der Waals surface area contributed by atoms with Gasteiger partial charge in [0.15, 0.2) is 0 Å². The molecular weight excluding hydrogens is 198 g/mol. The first-order valence-electron chi connectivity index (χ1n) is 4.90. The molecule has 1 N–H and O–H groups in total. The number of anilines is 1. The Morgan fingerprint density at radius 3 is 2.86 bits per heavy atom. The molecule has 74 valence electrons. The molecule has 4 nitrogen and oxygen atoms in total. The van der Waals surface area contributed by atoms with Gasteiger partial charge in [-0.3, -0.25) is 4.79 Å². The summed E-state index contributed by atoms with van der Waals surface area (Å²) in [6.45, 7) is 0. The van der Waals surface area contributed by atoms with Gasteiger partial charge in [0.05, 0.1) is 0 Å². The minimum atomic E-state index is 0.133. The zero-order valence-electron chi connectivity index (χ0n) is 7.64. The zero-order valence-corrected chi connectivity index (χ0v) is 8.46. The summed E-state index contributed by atoms with van der Waals surface area (Å²) in [5, 5.41) is 10.9. The number of carbonyl (C=O) groups is 1. The lowest BCUT2D eigenvalue weighted by Crippen LogP contribution is -2.21. The van der Waals surface area contributed by atoms with Crippen LogP contribution in [0.2, 0.25) is 0 Å². The van der Waals surface area contributed by atoms with Gasteiger partial charge in [0.2, 0.25) is 11.0 Å². The Morgan fingerprint density at radius 1 is 1.43 bits per heavy atom. The first kappa shape index (κ1) is 8.35. The fourth-order valence-electron chi connectivity index (χ4n) is 2.36. The number of carbonyl (C=O) groups excluding carboxylic acids is 1. The molecule has 2 unspecified atom stereocenters. The summed E-state index contributed by atoms with van der Waals surface area (Å²) in [7, 11) is 0. The molecule has 0 aromatic carbocycles. The Balaban J connectivity index is 1.60. The van der Waals surface area contributed by atoms with Crippen molar-refractivity contribution in [2.75, 3.05) is 5.32 Å². The molecule has 1 aromatic rings. The van der Waals surface area contributed by atoms with Crippen LogP contribution >= 0.6 is 11.3 Å². The van der Waals surface area contributed by atoms with Gasteiger partial charge in [-0.05, 0) is 31.1 Å². The Morgan fingerprint density at radius 2 is 2.21 bits per heavy atom. The van der Waals surface area contributed by atoms with E-state index < -0.39 is 0 Å². The number of fused-ring (bicyclic) bond motifs is 1. The van der Waals surface area contributed by atoms with Gasteiger partial charge in [0.1, 0.15) is 5.51 Å². The molecule has 2 aliphatic rings. The second kappa shape index (κ2) is 3.02. The van der Waals surface area contributed by atoms with Crippen LogP contribution in [-0.2, 0) is 4.79 Å². The van der Waals surface area contributed by atoms with Gasteiger partial charge in [-0.25, -0.2) is 0 Å². The largest absolute Gasteiger partial charge is 0.300 e. The number of amides is 1. The number of aromatic nitrogens is 2. The van der Waals surface area contributed by atoms with Gasteiger partial charge < -0.3 is 5.32 Å². The molecule has 2 fully saturated rings. The molecule has 2 saturated carbocycles. The molecule has 0 aliphatic heterocycles. The fraction of sp³-hybridized carbons (Fsp3) is 0.667. The summed E-state index contributed by atoms with van der Waals surface area (Å²) in [6.07, 6.45) is 3.51. The summed E-state index contributed by atoms with van der Waals surface area (Å²) in [5.74, 6) is 2.05. The third-order valence-corrected chi connectivity index (χ3v) is 3.81. The molecule has 1 aromatic heterocycles. The fourth-order valence-corrected chi connectivity index (χ4v) is 2.81. The lowest BCUT2D eigenvalue weighted by Gasteiger charge is -2.09. The zero-order chi connectivity index (χ0) is 9.54. The monoisotopic (exact) mass is 209 g/mol. The average molecular weight is 209 g/mol. The van der Waals surface area contributed by atoms with Crippen LogP contribution in [0.25, 0.3) is 0 Å². The van der Waals surface area contributed by atoms with E-state index in [1.54, 1.807) is 5.51 Å². The lowest BCUT2D eigenvalue weighted by atomic mass is 10.0. The van der Waals surface area contributed by atoms with Gasteiger partial charge in [-0.2, -0.15) is 0 Å². The molecule has 3 rings (SSSR count). The smallest absolute Gasteiger partial charge is 0.229 e. The molecule has 2 aliphatic carbocycles. The van der Waals surface area contributed by atoms with Gasteiger partial charge in [0.25, 0.3) is 0 Å². The van der Waals surface area contributed by atoms with E-state index in [0.717, 1.165) is 24.7 Å². The third-order valence-electron chi connectivity index (χ3n) is 3.20. The summed E-state index contributed by atoms with van der Waals surface area (Å²) in [4.78, 5) is 11.7. The van der Waals surface area contributed by atoms with Crippen molar-refractivity contribution in [3.8, 4) is 0 Å². The standard InChI is InChI=1S/C9H11N3OS/c13-8(11-9-12-10-4-14-9)7-2-5-1-6(5)3-7/h4-7H,1-3H2,(H,11,12,13). The Labute approximate surface area is 85.7 Å². The predicted molar refractivity (Wildman–Crippen MR) is 52.9 cm³/mol. The molecular formula is C9H11N3OS. The van der Waals surface area contributed by atoms with Gasteiger partial charge in [-0.1, -0.05) is 11.3 Å². The van der Waals surface area contributed by atoms with Crippen LogP contribution in [0.1, 0.15) is 19.3 Å². The molecule has 0 radical (unpaired) electrons. The van der Waals surface area contributed by atoms with E-state index >= 15 is 0 Å². The van der Waals surface area contributed by atoms with E-state index in [1.165, 1.54) is 17.8 Å². The van der Waals surface area contributed by atoms with Gasteiger partial charge >= 0.3 is 0 Å². The number of nitrogens with one attached hydrogen (secondary N) is 1. The molecule has 0 bridgehead atoms. The summed E-state index contributed by atoms with van der Waals surface area (Å²) >= 11 is 1.37. The first-order chi connectivity index (χ1) is 6.83. The second-order valence-electron chi connectivity index (χ2n) is 4.16. The minimum absolute atomic E-state index is 0.133. The van der Waals surface area contributed by atoms with Crippen LogP contribution in [0.15, 0.2) is 5.51 Å². The van der Waals surface area contributed by atoms with Crippen molar-refractivity contribution in [3.63, 3.8) is 0 Å². The molecule has 2 atom stereocenters.